The average molecular weight is 645 g/mol. The van der Waals surface area contributed by atoms with Crippen molar-refractivity contribution in [2.45, 2.75) is 31.2 Å². The number of pyridine rings is 1. The van der Waals surface area contributed by atoms with Gasteiger partial charge in [-0.15, -0.1) is 5.10 Å². The second-order valence-electron chi connectivity index (χ2n) is 11.3. The number of hydrogen-bond donors (Lipinski definition) is 2. The van der Waals surface area contributed by atoms with Crippen molar-refractivity contribution in [1.29, 1.82) is 0 Å². The molecule has 1 atom stereocenters. The highest BCUT2D eigenvalue weighted by Gasteiger charge is 2.37. The van der Waals surface area contributed by atoms with Gasteiger partial charge in [-0.2, -0.15) is 4.68 Å². The SMILES string of the molecule is CN1CCC(c2cccc3c2CCN(C(=O)/C=C/c2c(-n4cnnn4)ccc(Cl)c2F)[C@@H]3C(=O)Nc2ccc(C(=O)O)cn2)CC1. The molecular weight excluding hydrogens is 615 g/mol. The number of anilines is 1. The zero-order valence-electron chi connectivity index (χ0n) is 24.8. The van der Waals surface area contributed by atoms with Gasteiger partial charge in [0.1, 0.15) is 18.2 Å². The summed E-state index contributed by atoms with van der Waals surface area (Å²) in [5, 5.41) is 22.9. The number of nitrogens with one attached hydrogen (secondary N) is 1. The van der Waals surface area contributed by atoms with Crippen LogP contribution in [0.1, 0.15) is 57.4 Å². The van der Waals surface area contributed by atoms with E-state index in [0.717, 1.165) is 37.7 Å². The van der Waals surface area contributed by atoms with Crippen LogP contribution in [0.2, 0.25) is 5.02 Å². The Morgan fingerprint density at radius 1 is 1.07 bits per heavy atom. The predicted octanol–water partition coefficient (Wildman–Crippen LogP) is 4.14. The lowest BCUT2D eigenvalue weighted by Crippen LogP contribution is -2.45. The molecule has 2 N–H and O–H groups in total. The average Bonchev–Trinajstić information content (AvgIpc) is 3.60. The Bertz CT molecular complexity index is 1810. The minimum atomic E-state index is -1.14. The van der Waals surface area contributed by atoms with Gasteiger partial charge in [0.05, 0.1) is 16.3 Å². The van der Waals surface area contributed by atoms with E-state index in [9.17, 15) is 19.5 Å². The second kappa shape index (κ2) is 13.2. The number of rotatable bonds is 7. The number of amides is 2. The molecule has 2 aliphatic heterocycles. The van der Waals surface area contributed by atoms with Crippen LogP contribution in [0, 0.1) is 5.82 Å². The van der Waals surface area contributed by atoms with Crippen LogP contribution >= 0.6 is 11.6 Å². The van der Waals surface area contributed by atoms with E-state index in [1.54, 1.807) is 0 Å². The molecule has 4 heterocycles. The van der Waals surface area contributed by atoms with E-state index in [1.807, 2.05) is 12.1 Å². The topological polar surface area (TPSA) is 146 Å². The van der Waals surface area contributed by atoms with E-state index in [2.05, 4.69) is 43.8 Å². The van der Waals surface area contributed by atoms with Crippen LogP contribution in [0.15, 0.2) is 61.1 Å². The number of piperidine rings is 1. The molecule has 1 fully saturated rings. The number of carboxylic acid groups (broad SMARTS) is 1. The summed E-state index contributed by atoms with van der Waals surface area (Å²) < 4.78 is 16.5. The smallest absolute Gasteiger partial charge is 0.337 e. The van der Waals surface area contributed by atoms with E-state index >= 15 is 4.39 Å². The van der Waals surface area contributed by atoms with Crippen molar-refractivity contribution in [3.8, 4) is 5.69 Å². The highest BCUT2D eigenvalue weighted by molar-refractivity contribution is 6.31. The molecule has 4 aromatic rings. The molecule has 46 heavy (non-hydrogen) atoms. The number of tetrazole rings is 1. The van der Waals surface area contributed by atoms with Gasteiger partial charge in [0, 0.05) is 24.4 Å². The quantitative estimate of drug-likeness (QED) is 0.284. The largest absolute Gasteiger partial charge is 0.478 e. The summed E-state index contributed by atoms with van der Waals surface area (Å²) in [5.41, 5.74) is 3.17. The molecule has 2 aromatic heterocycles. The number of aromatic carboxylic acids is 1. The number of benzene rings is 2. The van der Waals surface area contributed by atoms with Crippen molar-refractivity contribution in [2.75, 3.05) is 32.0 Å². The Hall–Kier alpha value is -5.01. The van der Waals surface area contributed by atoms with Gasteiger partial charge in [-0.25, -0.2) is 14.2 Å². The van der Waals surface area contributed by atoms with Crippen LogP contribution in [0.5, 0.6) is 0 Å². The van der Waals surface area contributed by atoms with Gasteiger partial charge in [0.2, 0.25) is 5.91 Å². The van der Waals surface area contributed by atoms with Crippen molar-refractivity contribution >= 4 is 41.3 Å². The highest BCUT2D eigenvalue weighted by atomic mass is 35.5. The van der Waals surface area contributed by atoms with E-state index in [-0.39, 0.29) is 34.2 Å². The van der Waals surface area contributed by atoms with Crippen molar-refractivity contribution in [3.05, 3.63) is 99.7 Å². The lowest BCUT2D eigenvalue weighted by Gasteiger charge is -2.38. The first-order valence-electron chi connectivity index (χ1n) is 14.7. The van der Waals surface area contributed by atoms with Crippen molar-refractivity contribution < 1.29 is 23.9 Å². The highest BCUT2D eigenvalue weighted by Crippen LogP contribution is 2.38. The first kappa shape index (κ1) is 31.0. The number of halogens is 2. The minimum Gasteiger partial charge on any atom is -0.478 e. The lowest BCUT2D eigenvalue weighted by molar-refractivity contribution is -0.135. The standard InChI is InChI=1S/C32H30ClFN8O4/c1-40-14-11-19(12-15-40)21-3-2-4-23-22(21)13-16-41(30(23)31(44)37-27-9-5-20(17-35-27)32(45)46)28(43)10-6-24-26(42-18-36-38-39-42)8-7-25(33)29(24)34/h2-10,17-19,30H,11-16H2,1H3,(H,45,46)(H,35,37,44)/b10-6+/t30-/m0/s1. The molecule has 14 heteroatoms. The normalized spacial score (nSPS) is 17.2. The number of hydrogen-bond acceptors (Lipinski definition) is 8. The maximum atomic E-state index is 15.2. The molecule has 0 unspecified atom stereocenters. The number of carboxylic acids is 1. The molecule has 0 spiro atoms. The summed E-state index contributed by atoms with van der Waals surface area (Å²) in [6, 6.07) is 10.5. The molecule has 2 aliphatic rings. The molecule has 0 aliphatic carbocycles. The Labute approximate surface area is 268 Å². The third kappa shape index (κ3) is 6.24. The van der Waals surface area contributed by atoms with Crippen LogP contribution in [0.25, 0.3) is 11.8 Å². The Morgan fingerprint density at radius 2 is 1.85 bits per heavy atom. The van der Waals surface area contributed by atoms with Gasteiger partial charge in [-0.3, -0.25) is 9.59 Å². The fourth-order valence-electron chi connectivity index (χ4n) is 6.15. The first-order chi connectivity index (χ1) is 22.2. The van der Waals surface area contributed by atoms with Crippen LogP contribution in [-0.4, -0.2) is 84.6 Å². The number of nitrogens with zero attached hydrogens (tertiary/aromatic N) is 7. The Kier molecular flexibility index (Phi) is 8.86. The van der Waals surface area contributed by atoms with Crippen molar-refractivity contribution in [3.63, 3.8) is 0 Å². The van der Waals surface area contributed by atoms with Gasteiger partial charge in [-0.05, 0) is 103 Å². The zero-order valence-corrected chi connectivity index (χ0v) is 25.6. The van der Waals surface area contributed by atoms with Crippen molar-refractivity contribution in [2.24, 2.45) is 0 Å². The second-order valence-corrected chi connectivity index (χ2v) is 11.7. The maximum Gasteiger partial charge on any atom is 0.337 e. The summed E-state index contributed by atoms with van der Waals surface area (Å²) >= 11 is 6.06. The molecule has 2 aromatic carbocycles. The third-order valence-electron chi connectivity index (χ3n) is 8.51. The lowest BCUT2D eigenvalue weighted by atomic mass is 9.80. The zero-order chi connectivity index (χ0) is 32.4. The van der Waals surface area contributed by atoms with Gasteiger partial charge >= 0.3 is 5.97 Å². The molecule has 12 nitrogen and oxygen atoms in total. The van der Waals surface area contributed by atoms with Gasteiger partial charge in [0.25, 0.3) is 5.91 Å². The van der Waals surface area contributed by atoms with E-state index in [4.69, 9.17) is 11.6 Å². The summed E-state index contributed by atoms with van der Waals surface area (Å²) in [7, 11) is 2.10. The molecule has 0 saturated carbocycles. The van der Waals surface area contributed by atoms with Crippen LogP contribution in [0.3, 0.4) is 0 Å². The van der Waals surface area contributed by atoms with E-state index in [1.165, 1.54) is 57.9 Å². The fraction of sp³-hybridized carbons (Fsp3) is 0.281. The third-order valence-corrected chi connectivity index (χ3v) is 8.80. The van der Waals surface area contributed by atoms with Gasteiger partial charge in [-0.1, -0.05) is 29.8 Å². The summed E-state index contributed by atoms with van der Waals surface area (Å²) in [6.07, 6.45) is 7.46. The summed E-state index contributed by atoms with van der Waals surface area (Å²) in [5.74, 6) is -2.46. The summed E-state index contributed by atoms with van der Waals surface area (Å²) in [6.45, 7) is 2.18. The number of likely N-dealkylation sites (tertiary alicyclic amines) is 1. The van der Waals surface area contributed by atoms with Gasteiger partial charge in [0.15, 0.2) is 5.82 Å². The Balaban J connectivity index is 1.35. The number of carbonyl (C=O) groups is 3. The van der Waals surface area contributed by atoms with Crippen molar-refractivity contribution in [1.82, 2.24) is 35.0 Å². The fourth-order valence-corrected chi connectivity index (χ4v) is 6.31. The molecule has 0 radical (unpaired) electrons. The maximum absolute atomic E-state index is 15.2. The van der Waals surface area contributed by atoms with E-state index < -0.39 is 29.6 Å². The monoisotopic (exact) mass is 644 g/mol. The molecule has 1 saturated heterocycles. The van der Waals surface area contributed by atoms with Gasteiger partial charge < -0.3 is 20.2 Å². The molecule has 236 valence electrons. The molecule has 6 rings (SSSR count). The first-order valence-corrected chi connectivity index (χ1v) is 15.1. The molecule has 0 bridgehead atoms. The van der Waals surface area contributed by atoms with E-state index in [0.29, 0.717) is 17.9 Å². The molecule has 2 amide bonds. The minimum absolute atomic E-state index is 0.00108. The van der Waals surface area contributed by atoms with Crippen LogP contribution < -0.4 is 5.32 Å². The number of aromatic nitrogens is 5. The summed E-state index contributed by atoms with van der Waals surface area (Å²) in [4.78, 5) is 46.9. The molecular formula is C32H30ClFN8O4. The number of fused-ring (bicyclic) bond motifs is 1. The number of carbonyl (C=O) groups excluding carboxylic acids is 2. The van der Waals surface area contributed by atoms with Crippen LogP contribution in [-0.2, 0) is 16.0 Å². The van der Waals surface area contributed by atoms with Crippen LogP contribution in [0.4, 0.5) is 10.2 Å². The predicted molar refractivity (Wildman–Crippen MR) is 167 cm³/mol. The Morgan fingerprint density at radius 3 is 2.54 bits per heavy atom.